The lowest BCUT2D eigenvalue weighted by molar-refractivity contribution is 0.102. The minimum absolute atomic E-state index is 0.138. The highest BCUT2D eigenvalue weighted by Gasteiger charge is 2.18. The Morgan fingerprint density at radius 1 is 1.12 bits per heavy atom. The molecule has 7 nitrogen and oxygen atoms in total. The van der Waals surface area contributed by atoms with E-state index in [1.165, 1.54) is 6.20 Å². The Labute approximate surface area is 194 Å². The summed E-state index contributed by atoms with van der Waals surface area (Å²) in [5.74, 6) is 1.86. The lowest BCUT2D eigenvalue weighted by Gasteiger charge is -2.12. The highest BCUT2D eigenvalue weighted by Crippen LogP contribution is 2.31. The van der Waals surface area contributed by atoms with Gasteiger partial charge in [0.2, 0.25) is 5.88 Å². The number of ether oxygens (including phenoxy) is 1. The van der Waals surface area contributed by atoms with Gasteiger partial charge < -0.3 is 14.6 Å². The highest BCUT2D eigenvalue weighted by atomic mass is 79.9. The Balaban J connectivity index is 1.54. The third-order valence-corrected chi connectivity index (χ3v) is 5.21. The van der Waals surface area contributed by atoms with Crippen LogP contribution in [0, 0.1) is 6.92 Å². The molecule has 1 N–H and O–H groups in total. The predicted octanol–water partition coefficient (Wildman–Crippen LogP) is 6.37. The van der Waals surface area contributed by atoms with Gasteiger partial charge in [0, 0.05) is 22.7 Å². The number of amides is 1. The van der Waals surface area contributed by atoms with Crippen LogP contribution < -0.4 is 10.1 Å². The maximum Gasteiger partial charge on any atom is 0.260 e. The molecule has 0 aliphatic rings. The SMILES string of the molecule is Cc1cccc(-c2nc(C(C)C)no2)c1NC(=O)c1ccc(Oc2cccc(Br)c2)nc1. The minimum atomic E-state index is -0.300. The first-order valence-corrected chi connectivity index (χ1v) is 10.8. The van der Waals surface area contributed by atoms with Crippen molar-refractivity contribution >= 4 is 27.5 Å². The van der Waals surface area contributed by atoms with Crippen molar-refractivity contribution in [2.45, 2.75) is 26.7 Å². The Morgan fingerprint density at radius 2 is 1.94 bits per heavy atom. The van der Waals surface area contributed by atoms with Crippen molar-refractivity contribution in [2.75, 3.05) is 5.32 Å². The number of carbonyl (C=O) groups is 1. The van der Waals surface area contributed by atoms with Gasteiger partial charge in [-0.3, -0.25) is 4.79 Å². The van der Waals surface area contributed by atoms with Gasteiger partial charge in [-0.05, 0) is 42.8 Å². The quantitative estimate of drug-likeness (QED) is 0.336. The minimum Gasteiger partial charge on any atom is -0.439 e. The van der Waals surface area contributed by atoms with Gasteiger partial charge in [-0.2, -0.15) is 4.98 Å². The number of nitrogens with one attached hydrogen (secondary N) is 1. The summed E-state index contributed by atoms with van der Waals surface area (Å²) in [4.78, 5) is 21.6. The van der Waals surface area contributed by atoms with Crippen LogP contribution in [0.3, 0.4) is 0 Å². The molecule has 1 amide bonds. The number of carbonyl (C=O) groups excluding carboxylic acids is 1. The number of para-hydroxylation sites is 1. The maximum absolute atomic E-state index is 12.9. The van der Waals surface area contributed by atoms with Gasteiger partial charge >= 0.3 is 0 Å². The fourth-order valence-electron chi connectivity index (χ4n) is 3.00. The van der Waals surface area contributed by atoms with E-state index in [0.717, 1.165) is 10.0 Å². The van der Waals surface area contributed by atoms with Crippen LogP contribution >= 0.6 is 15.9 Å². The van der Waals surface area contributed by atoms with E-state index in [-0.39, 0.29) is 11.8 Å². The summed E-state index contributed by atoms with van der Waals surface area (Å²) in [5.41, 5.74) is 2.56. The summed E-state index contributed by atoms with van der Waals surface area (Å²) < 4.78 is 12.1. The molecule has 0 aliphatic heterocycles. The van der Waals surface area contributed by atoms with Crippen LogP contribution in [-0.4, -0.2) is 21.0 Å². The molecule has 0 aliphatic carbocycles. The van der Waals surface area contributed by atoms with E-state index in [1.54, 1.807) is 12.1 Å². The van der Waals surface area contributed by atoms with Crippen molar-refractivity contribution in [3.63, 3.8) is 0 Å². The number of hydrogen-bond donors (Lipinski definition) is 1. The van der Waals surface area contributed by atoms with Crippen LogP contribution in [0.15, 0.2) is 69.8 Å². The molecule has 4 rings (SSSR count). The van der Waals surface area contributed by atoms with Crippen molar-refractivity contribution in [1.29, 1.82) is 0 Å². The van der Waals surface area contributed by atoms with Gasteiger partial charge in [0.15, 0.2) is 5.82 Å². The van der Waals surface area contributed by atoms with Gasteiger partial charge in [-0.1, -0.05) is 53.1 Å². The third-order valence-electron chi connectivity index (χ3n) is 4.72. The number of hydrogen-bond acceptors (Lipinski definition) is 6. The van der Waals surface area contributed by atoms with Gasteiger partial charge in [0.25, 0.3) is 11.8 Å². The van der Waals surface area contributed by atoms with Gasteiger partial charge in [0.1, 0.15) is 5.75 Å². The van der Waals surface area contributed by atoms with Crippen molar-refractivity contribution in [2.24, 2.45) is 0 Å². The zero-order valence-electron chi connectivity index (χ0n) is 17.8. The predicted molar refractivity (Wildman–Crippen MR) is 125 cm³/mol. The fourth-order valence-corrected chi connectivity index (χ4v) is 3.38. The molecule has 0 radical (unpaired) electrons. The molecule has 0 saturated carbocycles. The van der Waals surface area contributed by atoms with Crippen molar-refractivity contribution in [3.05, 3.63) is 82.2 Å². The molecule has 0 unspecified atom stereocenters. The summed E-state index contributed by atoms with van der Waals surface area (Å²) in [6.45, 7) is 5.89. The maximum atomic E-state index is 12.9. The zero-order valence-corrected chi connectivity index (χ0v) is 19.4. The molecule has 4 aromatic rings. The highest BCUT2D eigenvalue weighted by molar-refractivity contribution is 9.10. The number of rotatable bonds is 6. The number of anilines is 1. The van der Waals surface area contributed by atoms with Crippen LogP contribution in [0.2, 0.25) is 0 Å². The van der Waals surface area contributed by atoms with E-state index in [0.29, 0.717) is 40.2 Å². The van der Waals surface area contributed by atoms with Crippen molar-refractivity contribution in [3.8, 4) is 23.1 Å². The largest absolute Gasteiger partial charge is 0.439 e. The zero-order chi connectivity index (χ0) is 22.7. The van der Waals surface area contributed by atoms with E-state index in [4.69, 9.17) is 9.26 Å². The molecule has 162 valence electrons. The number of nitrogens with zero attached hydrogens (tertiary/aromatic N) is 3. The van der Waals surface area contributed by atoms with Gasteiger partial charge in [0.05, 0.1) is 16.8 Å². The Bertz CT molecular complexity index is 1250. The number of benzene rings is 2. The first kappa shape index (κ1) is 21.7. The number of pyridine rings is 1. The monoisotopic (exact) mass is 492 g/mol. The van der Waals surface area contributed by atoms with Crippen LogP contribution in [0.4, 0.5) is 5.69 Å². The molecule has 32 heavy (non-hydrogen) atoms. The molecule has 0 fully saturated rings. The molecule has 2 heterocycles. The molecular weight excluding hydrogens is 472 g/mol. The lowest BCUT2D eigenvalue weighted by atomic mass is 10.1. The van der Waals surface area contributed by atoms with Crippen LogP contribution in [0.1, 0.15) is 41.5 Å². The number of aromatic nitrogens is 3. The average molecular weight is 493 g/mol. The molecule has 2 aromatic heterocycles. The lowest BCUT2D eigenvalue weighted by Crippen LogP contribution is -2.14. The normalized spacial score (nSPS) is 10.9. The second kappa shape index (κ2) is 9.32. The summed E-state index contributed by atoms with van der Waals surface area (Å²) >= 11 is 3.41. The average Bonchev–Trinajstić information content (AvgIpc) is 3.26. The molecule has 0 saturated heterocycles. The van der Waals surface area contributed by atoms with Crippen LogP contribution in [0.25, 0.3) is 11.5 Å². The van der Waals surface area contributed by atoms with Gasteiger partial charge in [-0.15, -0.1) is 0 Å². The van der Waals surface area contributed by atoms with Crippen LogP contribution in [0.5, 0.6) is 11.6 Å². The molecule has 0 bridgehead atoms. The summed E-state index contributed by atoms with van der Waals surface area (Å²) in [6.07, 6.45) is 1.48. The Morgan fingerprint density at radius 3 is 2.62 bits per heavy atom. The van der Waals surface area contributed by atoms with E-state index < -0.39 is 0 Å². The van der Waals surface area contributed by atoms with E-state index in [9.17, 15) is 4.79 Å². The first-order chi connectivity index (χ1) is 15.4. The fraction of sp³-hybridized carbons (Fsp3) is 0.167. The molecule has 8 heteroatoms. The Hall–Kier alpha value is -3.52. The van der Waals surface area contributed by atoms with E-state index >= 15 is 0 Å². The van der Waals surface area contributed by atoms with Crippen LogP contribution in [-0.2, 0) is 0 Å². The Kier molecular flexibility index (Phi) is 6.32. The second-order valence-electron chi connectivity index (χ2n) is 7.51. The summed E-state index contributed by atoms with van der Waals surface area (Å²) in [5, 5.41) is 6.98. The van der Waals surface area contributed by atoms with Crippen molar-refractivity contribution in [1.82, 2.24) is 15.1 Å². The molecule has 0 spiro atoms. The van der Waals surface area contributed by atoms with Crippen molar-refractivity contribution < 1.29 is 14.1 Å². The number of aryl methyl sites for hydroxylation is 1. The first-order valence-electron chi connectivity index (χ1n) is 10.0. The molecule has 2 aromatic carbocycles. The smallest absolute Gasteiger partial charge is 0.260 e. The standard InChI is InChI=1S/C24H21BrN4O3/c1-14(2)22-28-24(32-29-22)19-9-4-6-15(3)21(19)27-23(30)16-10-11-20(26-13-16)31-18-8-5-7-17(25)12-18/h4-14H,1-3H3,(H,27,30). The number of halogens is 1. The third kappa shape index (κ3) is 4.86. The second-order valence-corrected chi connectivity index (χ2v) is 8.42. The van der Waals surface area contributed by atoms with E-state index in [2.05, 4.69) is 36.4 Å². The summed E-state index contributed by atoms with van der Waals surface area (Å²) in [6, 6.07) is 16.4. The van der Waals surface area contributed by atoms with Gasteiger partial charge in [-0.25, -0.2) is 4.98 Å². The topological polar surface area (TPSA) is 90.1 Å². The molecule has 0 atom stereocenters. The van der Waals surface area contributed by atoms with E-state index in [1.807, 2.05) is 63.2 Å². The summed E-state index contributed by atoms with van der Waals surface area (Å²) in [7, 11) is 0. The molecular formula is C24H21BrN4O3.